The third kappa shape index (κ3) is 4.50. The maximum atomic E-state index is 12.3. The number of carbonyl (C=O) groups excluding carboxylic acids is 1. The van der Waals surface area contributed by atoms with Gasteiger partial charge in [0.05, 0.1) is 11.4 Å². The van der Waals surface area contributed by atoms with Crippen molar-refractivity contribution in [2.24, 2.45) is 5.92 Å². The number of hydrogen-bond acceptors (Lipinski definition) is 6. The van der Waals surface area contributed by atoms with Crippen LogP contribution in [0.4, 0.5) is 0 Å². The molecule has 1 atom stereocenters. The molecule has 128 valence electrons. The molecule has 6 nitrogen and oxygen atoms in total. The zero-order chi connectivity index (χ0) is 16.1. The van der Waals surface area contributed by atoms with Gasteiger partial charge in [0.15, 0.2) is 0 Å². The van der Waals surface area contributed by atoms with E-state index in [1.54, 1.807) is 18.4 Å². The molecule has 0 radical (unpaired) electrons. The van der Waals surface area contributed by atoms with Gasteiger partial charge in [0.2, 0.25) is 5.91 Å². The Labute approximate surface area is 141 Å². The molecular formula is C16H26N4O2S. The Bertz CT molecular complexity index is 490. The molecule has 1 aromatic heterocycles. The molecular weight excluding hydrogens is 312 g/mol. The monoisotopic (exact) mass is 338 g/mol. The second kappa shape index (κ2) is 8.19. The summed E-state index contributed by atoms with van der Waals surface area (Å²) in [5.41, 5.74) is 1.87. The molecule has 1 N–H and O–H groups in total. The Morgan fingerprint density at radius 1 is 1.39 bits per heavy atom. The van der Waals surface area contributed by atoms with E-state index >= 15 is 0 Å². The van der Waals surface area contributed by atoms with Gasteiger partial charge in [-0.15, -0.1) is 11.3 Å². The van der Waals surface area contributed by atoms with Gasteiger partial charge in [-0.1, -0.05) is 0 Å². The van der Waals surface area contributed by atoms with Crippen molar-refractivity contribution in [1.29, 1.82) is 0 Å². The van der Waals surface area contributed by atoms with Gasteiger partial charge in [-0.3, -0.25) is 19.6 Å². The summed E-state index contributed by atoms with van der Waals surface area (Å²) in [6.07, 6.45) is 4.09. The van der Waals surface area contributed by atoms with Crippen molar-refractivity contribution < 1.29 is 9.53 Å². The lowest BCUT2D eigenvalue weighted by molar-refractivity contribution is -0.125. The first kappa shape index (κ1) is 16.8. The summed E-state index contributed by atoms with van der Waals surface area (Å²) in [5, 5.41) is 2.84. The minimum atomic E-state index is 0.0262. The molecule has 2 saturated heterocycles. The number of nitrogens with one attached hydrogen (secondary N) is 1. The number of hydrogen-bond donors (Lipinski definition) is 1. The highest BCUT2D eigenvalue weighted by molar-refractivity contribution is 7.09. The molecule has 3 heterocycles. The van der Waals surface area contributed by atoms with E-state index in [0.29, 0.717) is 6.04 Å². The molecule has 7 heteroatoms. The average Bonchev–Trinajstić information content (AvgIpc) is 3.00. The van der Waals surface area contributed by atoms with Gasteiger partial charge >= 0.3 is 0 Å². The van der Waals surface area contributed by atoms with Crippen LogP contribution in [0.5, 0.6) is 0 Å². The van der Waals surface area contributed by atoms with Crippen molar-refractivity contribution in [2.45, 2.75) is 25.4 Å². The predicted octanol–water partition coefficient (Wildman–Crippen LogP) is 0.802. The fraction of sp³-hybridized carbons (Fsp3) is 0.750. The summed E-state index contributed by atoms with van der Waals surface area (Å²) in [7, 11) is 1.74. The average molecular weight is 338 g/mol. The molecule has 0 saturated carbocycles. The zero-order valence-electron chi connectivity index (χ0n) is 13.7. The van der Waals surface area contributed by atoms with Crippen LogP contribution < -0.4 is 5.32 Å². The summed E-state index contributed by atoms with van der Waals surface area (Å²) in [6, 6.07) is 0.555. The lowest BCUT2D eigenvalue weighted by Gasteiger charge is -2.34. The summed E-state index contributed by atoms with van der Waals surface area (Å²) in [5.74, 6) is 0.177. The van der Waals surface area contributed by atoms with Crippen LogP contribution in [0.2, 0.25) is 0 Å². The van der Waals surface area contributed by atoms with Gasteiger partial charge in [-0.25, -0.2) is 0 Å². The number of aromatic nitrogens is 1. The molecule has 3 rings (SSSR count). The Balaban J connectivity index is 1.67. The Morgan fingerprint density at radius 3 is 2.91 bits per heavy atom. The number of nitrogens with zero attached hydrogens (tertiary/aromatic N) is 3. The third-order valence-electron chi connectivity index (χ3n) is 4.82. The van der Waals surface area contributed by atoms with Gasteiger partial charge in [0, 0.05) is 70.1 Å². The first-order valence-corrected chi connectivity index (χ1v) is 9.27. The molecule has 0 spiro atoms. The fourth-order valence-electron chi connectivity index (χ4n) is 3.54. The quantitative estimate of drug-likeness (QED) is 0.880. The van der Waals surface area contributed by atoms with Crippen LogP contribution in [0, 0.1) is 5.92 Å². The van der Waals surface area contributed by atoms with E-state index in [-0.39, 0.29) is 11.8 Å². The number of rotatable bonds is 4. The standard InChI is InChI=1S/C16H26N4O2S/c1-17-16(21)13-9-19(11-15-8-18-12-23-15)4-5-20(10-13)14-2-6-22-7-3-14/h8,12-14H,2-7,9-11H2,1H3,(H,17,21). The highest BCUT2D eigenvalue weighted by atomic mass is 32.1. The van der Waals surface area contributed by atoms with Crippen LogP contribution in [0.25, 0.3) is 0 Å². The van der Waals surface area contributed by atoms with Gasteiger partial charge in [0.1, 0.15) is 0 Å². The van der Waals surface area contributed by atoms with Crippen molar-refractivity contribution in [3.63, 3.8) is 0 Å². The van der Waals surface area contributed by atoms with Crippen molar-refractivity contribution in [3.8, 4) is 0 Å². The minimum Gasteiger partial charge on any atom is -0.381 e. The van der Waals surface area contributed by atoms with Crippen LogP contribution in [0.3, 0.4) is 0 Å². The molecule has 2 aliphatic rings. The van der Waals surface area contributed by atoms with Crippen LogP contribution in [0.15, 0.2) is 11.7 Å². The second-order valence-electron chi connectivity index (χ2n) is 6.35. The number of ether oxygens (including phenoxy) is 1. The zero-order valence-corrected chi connectivity index (χ0v) is 14.6. The first-order chi connectivity index (χ1) is 11.3. The number of thiazole rings is 1. The van der Waals surface area contributed by atoms with E-state index in [9.17, 15) is 4.79 Å². The largest absolute Gasteiger partial charge is 0.381 e. The van der Waals surface area contributed by atoms with Crippen LogP contribution >= 0.6 is 11.3 Å². The van der Waals surface area contributed by atoms with Gasteiger partial charge in [-0.05, 0) is 12.8 Å². The molecule has 2 aliphatic heterocycles. The number of carbonyl (C=O) groups is 1. The van der Waals surface area contributed by atoms with E-state index in [2.05, 4.69) is 20.1 Å². The number of amides is 1. The van der Waals surface area contributed by atoms with E-state index in [1.807, 2.05) is 11.7 Å². The van der Waals surface area contributed by atoms with Crippen molar-refractivity contribution in [3.05, 3.63) is 16.6 Å². The predicted molar refractivity (Wildman–Crippen MR) is 90.4 cm³/mol. The fourth-order valence-corrected chi connectivity index (χ4v) is 4.18. The molecule has 1 unspecified atom stereocenters. The molecule has 0 bridgehead atoms. The lowest BCUT2D eigenvalue weighted by Crippen LogP contribution is -2.45. The SMILES string of the molecule is CNC(=O)C1CN(Cc2cncs2)CCN(C2CCOCC2)C1. The van der Waals surface area contributed by atoms with Crippen molar-refractivity contribution in [2.75, 3.05) is 46.4 Å². The third-order valence-corrected chi connectivity index (χ3v) is 5.59. The summed E-state index contributed by atoms with van der Waals surface area (Å²) in [6.45, 7) is 6.27. The van der Waals surface area contributed by atoms with Crippen molar-refractivity contribution >= 4 is 17.2 Å². The summed E-state index contributed by atoms with van der Waals surface area (Å²) in [4.78, 5) is 22.6. The van der Waals surface area contributed by atoms with E-state index in [0.717, 1.165) is 58.8 Å². The molecule has 2 fully saturated rings. The second-order valence-corrected chi connectivity index (χ2v) is 7.32. The Kier molecular flexibility index (Phi) is 5.99. The van der Waals surface area contributed by atoms with Crippen LogP contribution in [0.1, 0.15) is 17.7 Å². The van der Waals surface area contributed by atoms with E-state index < -0.39 is 0 Å². The van der Waals surface area contributed by atoms with Gasteiger partial charge in [-0.2, -0.15) is 0 Å². The Hall–Kier alpha value is -1.02. The maximum absolute atomic E-state index is 12.3. The highest BCUT2D eigenvalue weighted by Crippen LogP contribution is 2.21. The van der Waals surface area contributed by atoms with Crippen LogP contribution in [-0.4, -0.2) is 73.2 Å². The maximum Gasteiger partial charge on any atom is 0.225 e. The van der Waals surface area contributed by atoms with Gasteiger partial charge in [0.25, 0.3) is 0 Å². The highest BCUT2D eigenvalue weighted by Gasteiger charge is 2.31. The smallest absolute Gasteiger partial charge is 0.225 e. The minimum absolute atomic E-state index is 0.0262. The molecule has 1 amide bonds. The van der Waals surface area contributed by atoms with E-state index in [4.69, 9.17) is 4.74 Å². The molecule has 0 aliphatic carbocycles. The normalized spacial score (nSPS) is 25.2. The summed E-state index contributed by atoms with van der Waals surface area (Å²) < 4.78 is 5.49. The Morgan fingerprint density at radius 2 is 2.22 bits per heavy atom. The van der Waals surface area contributed by atoms with E-state index in [1.165, 1.54) is 4.88 Å². The first-order valence-electron chi connectivity index (χ1n) is 8.39. The van der Waals surface area contributed by atoms with Gasteiger partial charge < -0.3 is 10.1 Å². The molecule has 0 aromatic carbocycles. The van der Waals surface area contributed by atoms with Crippen molar-refractivity contribution in [1.82, 2.24) is 20.1 Å². The van der Waals surface area contributed by atoms with Crippen LogP contribution in [-0.2, 0) is 16.1 Å². The molecule has 1 aromatic rings. The summed E-state index contributed by atoms with van der Waals surface area (Å²) >= 11 is 1.68. The topological polar surface area (TPSA) is 57.7 Å². The lowest BCUT2D eigenvalue weighted by atomic mass is 10.0. The molecule has 23 heavy (non-hydrogen) atoms.